The highest BCUT2D eigenvalue weighted by atomic mass is 16.7. The second-order valence-electron chi connectivity index (χ2n) is 8.82. The third kappa shape index (κ3) is 6.67. The van der Waals surface area contributed by atoms with Gasteiger partial charge < -0.3 is 40.5 Å². The van der Waals surface area contributed by atoms with Crippen molar-refractivity contribution >= 4 is 28.6 Å². The minimum absolute atomic E-state index is 0.0695. The van der Waals surface area contributed by atoms with Crippen LogP contribution in [0.5, 0.6) is 5.75 Å². The topological polar surface area (TPSA) is 175 Å². The van der Waals surface area contributed by atoms with Gasteiger partial charge in [0.1, 0.15) is 36.6 Å². The number of nitrogens with one attached hydrogen (secondary N) is 2. The van der Waals surface area contributed by atoms with E-state index in [1.165, 1.54) is 0 Å². The molecule has 2 amide bonds. The van der Waals surface area contributed by atoms with E-state index in [4.69, 9.17) is 14.6 Å². The summed E-state index contributed by atoms with van der Waals surface area (Å²) in [6, 6.07) is 8.94. The van der Waals surface area contributed by atoms with Gasteiger partial charge in [-0.2, -0.15) is 0 Å². The molecule has 2 aromatic carbocycles. The summed E-state index contributed by atoms with van der Waals surface area (Å²) in [4.78, 5) is 36.3. The molecule has 190 valence electrons. The average Bonchev–Trinajstić information content (AvgIpc) is 2.81. The van der Waals surface area contributed by atoms with Gasteiger partial charge in [0.15, 0.2) is 0 Å². The Morgan fingerprint density at radius 1 is 1.11 bits per heavy atom. The molecule has 1 aliphatic heterocycles. The Labute approximate surface area is 201 Å². The molecule has 0 spiro atoms. The molecular formula is C24H30N2O9. The third-order valence-electron chi connectivity index (χ3n) is 5.55. The maximum atomic E-state index is 13.1. The molecule has 3 rings (SSSR count). The molecule has 0 radical (unpaired) electrons. The van der Waals surface area contributed by atoms with E-state index in [1.807, 2.05) is 13.8 Å². The molecule has 1 fully saturated rings. The van der Waals surface area contributed by atoms with Crippen molar-refractivity contribution < 1.29 is 44.3 Å². The van der Waals surface area contributed by atoms with Crippen molar-refractivity contribution in [3.63, 3.8) is 0 Å². The minimum Gasteiger partial charge on any atom is -0.480 e. The first-order chi connectivity index (χ1) is 16.6. The number of carbonyl (C=O) groups is 3. The Morgan fingerprint density at radius 2 is 1.86 bits per heavy atom. The summed E-state index contributed by atoms with van der Waals surface area (Å²) < 4.78 is 10.9. The van der Waals surface area contributed by atoms with E-state index in [-0.39, 0.29) is 12.5 Å². The lowest BCUT2D eigenvalue weighted by molar-refractivity contribution is -0.242. The second-order valence-corrected chi connectivity index (χ2v) is 8.82. The van der Waals surface area contributed by atoms with Gasteiger partial charge in [-0.05, 0) is 47.4 Å². The number of carboxylic acid groups (broad SMARTS) is 1. The molecule has 0 aromatic heterocycles. The zero-order chi connectivity index (χ0) is 25.7. The summed E-state index contributed by atoms with van der Waals surface area (Å²) in [5, 5.41) is 44.5. The number of aliphatic carboxylic acids is 1. The number of fused-ring (bicyclic) bond motifs is 1. The van der Waals surface area contributed by atoms with E-state index in [9.17, 15) is 29.7 Å². The number of hydrogen-bond donors (Lipinski definition) is 6. The van der Waals surface area contributed by atoms with Crippen LogP contribution in [0.1, 0.15) is 30.6 Å². The fourth-order valence-corrected chi connectivity index (χ4v) is 3.77. The van der Waals surface area contributed by atoms with Crippen LogP contribution in [0.15, 0.2) is 36.4 Å². The van der Waals surface area contributed by atoms with Crippen LogP contribution in [0.2, 0.25) is 0 Å². The molecule has 11 nitrogen and oxygen atoms in total. The van der Waals surface area contributed by atoms with E-state index in [0.717, 1.165) is 0 Å². The van der Waals surface area contributed by atoms with Gasteiger partial charge in [-0.1, -0.05) is 26.0 Å². The molecular weight excluding hydrogens is 460 g/mol. The normalized spacial score (nSPS) is 23.0. The average molecular weight is 491 g/mol. The van der Waals surface area contributed by atoms with Crippen molar-refractivity contribution in [2.24, 2.45) is 5.92 Å². The first kappa shape index (κ1) is 26.4. The molecule has 0 bridgehead atoms. The predicted octanol–water partition coefficient (Wildman–Crippen LogP) is 0.00290. The molecule has 2 aromatic rings. The fraction of sp³-hybridized carbons (Fsp3) is 0.458. The van der Waals surface area contributed by atoms with Crippen molar-refractivity contribution in [1.29, 1.82) is 0 Å². The molecule has 0 aliphatic carbocycles. The number of rotatable bonds is 9. The number of benzene rings is 2. The van der Waals surface area contributed by atoms with Crippen LogP contribution in [0.25, 0.3) is 10.8 Å². The summed E-state index contributed by atoms with van der Waals surface area (Å²) in [5.74, 6) is -1.88. The van der Waals surface area contributed by atoms with Gasteiger partial charge >= 0.3 is 5.97 Å². The molecule has 11 heteroatoms. The Hall–Kier alpha value is -3.25. The van der Waals surface area contributed by atoms with Crippen LogP contribution >= 0.6 is 0 Å². The molecule has 1 aliphatic rings. The molecule has 6 N–H and O–H groups in total. The van der Waals surface area contributed by atoms with E-state index >= 15 is 0 Å². The number of carbonyl (C=O) groups excluding carboxylic acids is 2. The monoisotopic (exact) mass is 490 g/mol. The van der Waals surface area contributed by atoms with Crippen LogP contribution < -0.4 is 15.4 Å². The summed E-state index contributed by atoms with van der Waals surface area (Å²) >= 11 is 0. The highest BCUT2D eigenvalue weighted by Crippen LogP contribution is 2.27. The van der Waals surface area contributed by atoms with Gasteiger partial charge in [-0.3, -0.25) is 14.4 Å². The fourth-order valence-electron chi connectivity index (χ4n) is 3.77. The summed E-state index contributed by atoms with van der Waals surface area (Å²) in [6.07, 6.45) is -4.93. The van der Waals surface area contributed by atoms with E-state index in [1.54, 1.807) is 36.4 Å². The molecule has 1 heterocycles. The Morgan fingerprint density at radius 3 is 2.54 bits per heavy atom. The van der Waals surface area contributed by atoms with E-state index in [0.29, 0.717) is 28.5 Å². The van der Waals surface area contributed by atoms with Crippen LogP contribution in [0, 0.1) is 5.92 Å². The van der Waals surface area contributed by atoms with Gasteiger partial charge in [0, 0.05) is 5.56 Å². The van der Waals surface area contributed by atoms with Crippen molar-refractivity contribution in [3.05, 3.63) is 42.0 Å². The van der Waals surface area contributed by atoms with Gasteiger partial charge in [-0.15, -0.1) is 0 Å². The second kappa shape index (κ2) is 11.5. The zero-order valence-electron chi connectivity index (χ0n) is 19.4. The molecule has 0 saturated carbocycles. The number of amides is 2. The van der Waals surface area contributed by atoms with Crippen LogP contribution in [-0.4, -0.2) is 82.0 Å². The maximum Gasteiger partial charge on any atom is 0.322 e. The quantitative estimate of drug-likeness (QED) is 0.283. The van der Waals surface area contributed by atoms with Gasteiger partial charge in [-0.25, -0.2) is 0 Å². The third-order valence-corrected chi connectivity index (χ3v) is 5.55. The predicted molar refractivity (Wildman–Crippen MR) is 124 cm³/mol. The smallest absolute Gasteiger partial charge is 0.322 e. The Kier molecular flexibility index (Phi) is 8.62. The highest BCUT2D eigenvalue weighted by molar-refractivity contribution is 6.08. The van der Waals surface area contributed by atoms with Crippen molar-refractivity contribution in [2.45, 2.75) is 50.9 Å². The minimum atomic E-state index is -1.45. The molecule has 0 unspecified atom stereocenters. The van der Waals surface area contributed by atoms with E-state index in [2.05, 4.69) is 10.6 Å². The van der Waals surface area contributed by atoms with Crippen molar-refractivity contribution in [1.82, 2.24) is 10.6 Å². The zero-order valence-corrected chi connectivity index (χ0v) is 19.4. The van der Waals surface area contributed by atoms with Gasteiger partial charge in [0.2, 0.25) is 12.2 Å². The maximum absolute atomic E-state index is 13.1. The standard InChI is InChI=1S/C24H30N2O9/c1-12(2)8-17(23(33)25-10-19(28)29)26-22(32)16-5-3-4-13-9-14(6-7-15(13)16)35-24-21(31)20(30)18(27)11-34-24/h3-7,9,12,17-18,20-21,24,27,30-31H,8,10-11H2,1-2H3,(H,25,33)(H,26,32)(H,28,29)/t17-,18+,20-,21+,24-/m0/s1. The van der Waals surface area contributed by atoms with E-state index < -0.39 is 55.0 Å². The summed E-state index contributed by atoms with van der Waals surface area (Å²) in [5.41, 5.74) is 0.307. The van der Waals surface area contributed by atoms with Crippen LogP contribution in [0.4, 0.5) is 0 Å². The van der Waals surface area contributed by atoms with Crippen molar-refractivity contribution in [2.75, 3.05) is 13.2 Å². The first-order valence-electron chi connectivity index (χ1n) is 11.2. The van der Waals surface area contributed by atoms with Crippen LogP contribution in [-0.2, 0) is 14.3 Å². The summed E-state index contributed by atoms with van der Waals surface area (Å²) in [6.45, 7) is 3.03. The lowest BCUT2D eigenvalue weighted by Gasteiger charge is -2.34. The molecule has 1 saturated heterocycles. The number of carboxylic acids is 1. The molecule has 5 atom stereocenters. The molecule has 35 heavy (non-hydrogen) atoms. The Bertz CT molecular complexity index is 1070. The largest absolute Gasteiger partial charge is 0.480 e. The highest BCUT2D eigenvalue weighted by Gasteiger charge is 2.39. The lowest BCUT2D eigenvalue weighted by Crippen LogP contribution is -2.54. The van der Waals surface area contributed by atoms with Crippen LogP contribution in [0.3, 0.4) is 0 Å². The Balaban J connectivity index is 1.77. The number of aliphatic hydroxyl groups excluding tert-OH is 3. The summed E-state index contributed by atoms with van der Waals surface area (Å²) in [7, 11) is 0. The van der Waals surface area contributed by atoms with Crippen molar-refractivity contribution in [3.8, 4) is 5.75 Å². The first-order valence-corrected chi connectivity index (χ1v) is 11.2. The lowest BCUT2D eigenvalue weighted by atomic mass is 10.0. The number of hydrogen-bond acceptors (Lipinski definition) is 8. The SMILES string of the molecule is CC(C)C[C@H](NC(=O)c1cccc2cc(O[C@@H]3OC[C@@H](O)[C@H](O)[C@H]3O)ccc12)C(=O)NCC(=O)O. The number of aliphatic hydroxyl groups is 3. The van der Waals surface area contributed by atoms with Gasteiger partial charge in [0.05, 0.1) is 6.61 Å². The number of ether oxygens (including phenoxy) is 2. The van der Waals surface area contributed by atoms with Gasteiger partial charge in [0.25, 0.3) is 5.91 Å².